The third-order valence-corrected chi connectivity index (χ3v) is 7.23. The molecule has 2 aromatic carbocycles. The molecule has 2 aromatic heterocycles. The number of halogens is 1. The molecule has 196 valence electrons. The molecular formula is C27H29FN8OS. The van der Waals surface area contributed by atoms with Crippen molar-refractivity contribution in [3.05, 3.63) is 82.2 Å². The molecule has 0 saturated carbocycles. The first-order chi connectivity index (χ1) is 18.4. The van der Waals surface area contributed by atoms with E-state index >= 15 is 0 Å². The lowest BCUT2D eigenvalue weighted by atomic mass is 10.0. The Kier molecular flexibility index (Phi) is 7.85. The Hall–Kier alpha value is -3.96. The smallest absolute Gasteiger partial charge is 0.253 e. The minimum Gasteiger partial charge on any atom is -0.340 e. The van der Waals surface area contributed by atoms with Crippen molar-refractivity contribution < 1.29 is 9.18 Å². The number of hydrogen-bond acceptors (Lipinski definition) is 9. The van der Waals surface area contributed by atoms with E-state index in [0.717, 1.165) is 34.8 Å². The van der Waals surface area contributed by atoms with E-state index < -0.39 is 0 Å². The average Bonchev–Trinajstić information content (AvgIpc) is 3.34. The number of aryl methyl sites for hydroxylation is 2. The maximum atomic E-state index is 13.5. The van der Waals surface area contributed by atoms with Gasteiger partial charge in [-0.3, -0.25) is 4.79 Å². The summed E-state index contributed by atoms with van der Waals surface area (Å²) in [5.74, 6) is 0.772. The van der Waals surface area contributed by atoms with E-state index in [-0.39, 0.29) is 11.7 Å². The molecule has 1 fully saturated rings. The Morgan fingerprint density at radius 3 is 2.53 bits per heavy atom. The van der Waals surface area contributed by atoms with Gasteiger partial charge in [-0.05, 0) is 92.3 Å². The lowest BCUT2D eigenvalue weighted by molar-refractivity contribution is 0.0704. The van der Waals surface area contributed by atoms with Crippen molar-refractivity contribution in [1.29, 1.82) is 0 Å². The molecule has 3 N–H and O–H groups in total. The molecule has 4 aromatic rings. The number of nitrogens with zero attached hydrogens (tertiary/aromatic N) is 5. The van der Waals surface area contributed by atoms with E-state index in [9.17, 15) is 9.18 Å². The molecule has 3 heterocycles. The SMILES string of the molecule is Cc1cc(Nc2ccnc(Nc3ccc(C(=O)N4CCC(NCc5nnsc5C)CC4)cc3)n2)ccc1F. The highest BCUT2D eigenvalue weighted by molar-refractivity contribution is 7.05. The van der Waals surface area contributed by atoms with Gasteiger partial charge in [0.1, 0.15) is 11.6 Å². The molecule has 0 spiro atoms. The van der Waals surface area contributed by atoms with Crippen molar-refractivity contribution in [2.75, 3.05) is 23.7 Å². The number of anilines is 4. The number of hydrogen-bond donors (Lipinski definition) is 3. The summed E-state index contributed by atoms with van der Waals surface area (Å²) in [6.45, 7) is 5.88. The zero-order chi connectivity index (χ0) is 26.5. The van der Waals surface area contributed by atoms with Crippen LogP contribution in [-0.2, 0) is 6.54 Å². The van der Waals surface area contributed by atoms with Gasteiger partial charge in [0, 0.05) is 53.7 Å². The summed E-state index contributed by atoms with van der Waals surface area (Å²) in [4.78, 5) is 24.8. The fourth-order valence-electron chi connectivity index (χ4n) is 4.31. The topological polar surface area (TPSA) is 108 Å². The molecule has 9 nitrogen and oxygen atoms in total. The van der Waals surface area contributed by atoms with Gasteiger partial charge in [-0.25, -0.2) is 9.37 Å². The molecule has 11 heteroatoms. The predicted molar refractivity (Wildman–Crippen MR) is 147 cm³/mol. The first-order valence-electron chi connectivity index (χ1n) is 12.5. The molecule has 1 aliphatic heterocycles. The zero-order valence-corrected chi connectivity index (χ0v) is 22.1. The fraction of sp³-hybridized carbons (Fsp3) is 0.296. The van der Waals surface area contributed by atoms with Gasteiger partial charge in [0.05, 0.1) is 5.69 Å². The molecule has 0 unspecified atom stereocenters. The summed E-state index contributed by atoms with van der Waals surface area (Å²) in [5.41, 5.74) is 3.71. The fourth-order valence-corrected chi connectivity index (χ4v) is 4.79. The van der Waals surface area contributed by atoms with Crippen LogP contribution in [0.3, 0.4) is 0 Å². The number of likely N-dealkylation sites (tertiary alicyclic amines) is 1. The number of rotatable bonds is 8. The number of amides is 1. The summed E-state index contributed by atoms with van der Waals surface area (Å²) >= 11 is 1.42. The lowest BCUT2D eigenvalue weighted by Gasteiger charge is -2.32. The van der Waals surface area contributed by atoms with Crippen LogP contribution in [0.1, 0.15) is 39.3 Å². The maximum Gasteiger partial charge on any atom is 0.253 e. The second kappa shape index (κ2) is 11.6. The minimum absolute atomic E-state index is 0.0339. The molecule has 1 aliphatic rings. The Morgan fingerprint density at radius 1 is 1.05 bits per heavy atom. The molecule has 1 saturated heterocycles. The van der Waals surface area contributed by atoms with Crippen LogP contribution in [0.4, 0.5) is 27.5 Å². The monoisotopic (exact) mass is 532 g/mol. The number of piperidine rings is 1. The van der Waals surface area contributed by atoms with Crippen molar-refractivity contribution in [1.82, 2.24) is 29.8 Å². The van der Waals surface area contributed by atoms with Crippen LogP contribution >= 0.6 is 11.5 Å². The molecule has 38 heavy (non-hydrogen) atoms. The largest absolute Gasteiger partial charge is 0.340 e. The lowest BCUT2D eigenvalue weighted by Crippen LogP contribution is -2.44. The van der Waals surface area contributed by atoms with Crippen molar-refractivity contribution >= 4 is 40.6 Å². The van der Waals surface area contributed by atoms with Crippen LogP contribution < -0.4 is 16.0 Å². The van der Waals surface area contributed by atoms with Crippen LogP contribution in [0.2, 0.25) is 0 Å². The van der Waals surface area contributed by atoms with E-state index in [2.05, 4.69) is 35.5 Å². The van der Waals surface area contributed by atoms with Gasteiger partial charge in [0.2, 0.25) is 5.95 Å². The zero-order valence-electron chi connectivity index (χ0n) is 21.2. The number of carbonyl (C=O) groups excluding carboxylic acids is 1. The van der Waals surface area contributed by atoms with Gasteiger partial charge < -0.3 is 20.9 Å². The van der Waals surface area contributed by atoms with Gasteiger partial charge in [-0.1, -0.05) is 4.49 Å². The highest BCUT2D eigenvalue weighted by atomic mass is 32.1. The third kappa shape index (κ3) is 6.29. The predicted octanol–water partition coefficient (Wildman–Crippen LogP) is 4.97. The quantitative estimate of drug-likeness (QED) is 0.292. The van der Waals surface area contributed by atoms with Crippen molar-refractivity contribution in [3.63, 3.8) is 0 Å². The highest BCUT2D eigenvalue weighted by Crippen LogP contribution is 2.21. The first kappa shape index (κ1) is 25.7. The number of carbonyl (C=O) groups is 1. The summed E-state index contributed by atoms with van der Waals surface area (Å²) < 4.78 is 17.5. The number of benzene rings is 2. The van der Waals surface area contributed by atoms with E-state index in [1.165, 1.54) is 17.6 Å². The van der Waals surface area contributed by atoms with Crippen molar-refractivity contribution in [2.24, 2.45) is 0 Å². The van der Waals surface area contributed by atoms with Crippen LogP contribution in [0.25, 0.3) is 0 Å². The first-order valence-corrected chi connectivity index (χ1v) is 13.3. The number of aromatic nitrogens is 4. The van der Waals surface area contributed by atoms with Crippen LogP contribution in [0, 0.1) is 19.7 Å². The van der Waals surface area contributed by atoms with E-state index in [4.69, 9.17) is 0 Å². The Bertz CT molecular complexity index is 1400. The maximum absolute atomic E-state index is 13.5. The molecule has 5 rings (SSSR count). The summed E-state index contributed by atoms with van der Waals surface area (Å²) in [7, 11) is 0. The molecule has 1 amide bonds. The third-order valence-electron chi connectivity index (χ3n) is 6.56. The molecule has 0 atom stereocenters. The Balaban J connectivity index is 1.13. The number of nitrogens with one attached hydrogen (secondary N) is 3. The molecule has 0 bridgehead atoms. The second-order valence-corrected chi connectivity index (χ2v) is 10.2. The van der Waals surface area contributed by atoms with E-state index in [0.29, 0.717) is 48.6 Å². The van der Waals surface area contributed by atoms with Gasteiger partial charge in [-0.15, -0.1) is 5.10 Å². The summed E-state index contributed by atoms with van der Waals surface area (Å²) in [6, 6.07) is 14.2. The highest BCUT2D eigenvalue weighted by Gasteiger charge is 2.23. The van der Waals surface area contributed by atoms with E-state index in [1.54, 1.807) is 31.3 Å². The summed E-state index contributed by atoms with van der Waals surface area (Å²) in [5, 5.41) is 14.0. The summed E-state index contributed by atoms with van der Waals surface area (Å²) in [6.07, 6.45) is 3.45. The average molecular weight is 533 g/mol. The Morgan fingerprint density at radius 2 is 1.82 bits per heavy atom. The van der Waals surface area contributed by atoms with Gasteiger partial charge in [0.25, 0.3) is 5.91 Å². The second-order valence-electron chi connectivity index (χ2n) is 9.28. The van der Waals surface area contributed by atoms with Gasteiger partial charge >= 0.3 is 0 Å². The van der Waals surface area contributed by atoms with Crippen LogP contribution in [-0.4, -0.2) is 49.5 Å². The van der Waals surface area contributed by atoms with Gasteiger partial charge in [0.15, 0.2) is 0 Å². The van der Waals surface area contributed by atoms with E-state index in [1.807, 2.05) is 36.1 Å². The van der Waals surface area contributed by atoms with Crippen LogP contribution in [0.15, 0.2) is 54.7 Å². The molecule has 0 aliphatic carbocycles. The standard InChI is InChI=1S/C27H29FN8OS/c1-17-15-22(7-8-23(17)28)31-25-9-12-29-27(33-25)32-21-5-3-19(4-6-21)26(37)36-13-10-20(11-14-36)30-16-24-18(2)38-35-34-24/h3-9,12,15,20,30H,10-11,13-14,16H2,1-2H3,(H2,29,31,32,33). The van der Waals surface area contributed by atoms with Crippen LogP contribution in [0.5, 0.6) is 0 Å². The molecular weight excluding hydrogens is 503 g/mol. The normalized spacial score (nSPS) is 13.9. The minimum atomic E-state index is -0.250. The Labute approximate surface area is 224 Å². The molecule has 0 radical (unpaired) electrons. The van der Waals surface area contributed by atoms with Gasteiger partial charge in [-0.2, -0.15) is 4.98 Å². The van der Waals surface area contributed by atoms with Crippen molar-refractivity contribution in [3.8, 4) is 0 Å². The van der Waals surface area contributed by atoms with Crippen molar-refractivity contribution in [2.45, 2.75) is 39.3 Å².